The van der Waals surface area contributed by atoms with E-state index in [0.29, 0.717) is 5.69 Å². The lowest BCUT2D eigenvalue weighted by Crippen LogP contribution is -2.31. The predicted octanol–water partition coefficient (Wildman–Crippen LogP) is 1.74. The number of cyclic esters (lactones) is 1. The molecule has 0 aliphatic carbocycles. The van der Waals surface area contributed by atoms with E-state index in [1.54, 1.807) is 18.2 Å². The third-order valence-corrected chi connectivity index (χ3v) is 3.97. The number of halogens is 1. The van der Waals surface area contributed by atoms with E-state index in [1.807, 2.05) is 6.07 Å². The molecule has 2 atom stereocenters. The Bertz CT molecular complexity index is 881. The van der Waals surface area contributed by atoms with Gasteiger partial charge < -0.3 is 14.2 Å². The van der Waals surface area contributed by atoms with Crippen LogP contribution in [0.15, 0.2) is 28.7 Å². The number of carbonyl (C=O) groups is 3. The summed E-state index contributed by atoms with van der Waals surface area (Å²) < 4.78 is 16.1. The molecule has 2 aromatic rings. The second-order valence-corrected chi connectivity index (χ2v) is 6.40. The molecule has 26 heavy (non-hydrogen) atoms. The van der Waals surface area contributed by atoms with Crippen LogP contribution in [0.2, 0.25) is 0 Å². The van der Waals surface area contributed by atoms with Crippen LogP contribution in [-0.2, 0) is 23.8 Å². The van der Waals surface area contributed by atoms with Crippen LogP contribution in [0.4, 0.5) is 0 Å². The molecule has 0 saturated carbocycles. The van der Waals surface area contributed by atoms with E-state index >= 15 is 0 Å². The zero-order valence-corrected chi connectivity index (χ0v) is 15.4. The molecule has 0 saturated heterocycles. The van der Waals surface area contributed by atoms with E-state index in [2.05, 4.69) is 26.1 Å². The second kappa shape index (κ2) is 7.24. The number of benzene rings is 1. The van der Waals surface area contributed by atoms with Crippen molar-refractivity contribution in [3.63, 3.8) is 0 Å². The molecule has 0 radical (unpaired) electrons. The molecule has 10 heteroatoms. The van der Waals surface area contributed by atoms with Crippen molar-refractivity contribution in [2.75, 3.05) is 6.61 Å². The molecule has 1 aromatic carbocycles. The summed E-state index contributed by atoms with van der Waals surface area (Å²) >= 11 is 3.36. The minimum Gasteiger partial charge on any atom is -0.462 e. The normalized spacial score (nSPS) is 16.6. The molecular weight excluding hydrogens is 410 g/mol. The highest BCUT2D eigenvalue weighted by molar-refractivity contribution is 9.10. The van der Waals surface area contributed by atoms with Gasteiger partial charge in [0.05, 0.1) is 5.69 Å². The molecule has 9 nitrogen and oxygen atoms in total. The van der Waals surface area contributed by atoms with Crippen molar-refractivity contribution in [2.24, 2.45) is 0 Å². The molecule has 1 aliphatic heterocycles. The van der Waals surface area contributed by atoms with E-state index < -0.39 is 30.1 Å². The summed E-state index contributed by atoms with van der Waals surface area (Å²) in [6.45, 7) is 2.16. The van der Waals surface area contributed by atoms with Crippen LogP contribution in [0, 0.1) is 0 Å². The maximum atomic E-state index is 12.1. The molecule has 0 bridgehead atoms. The first-order chi connectivity index (χ1) is 12.3. The third kappa shape index (κ3) is 3.74. The molecule has 1 aromatic heterocycles. The van der Waals surface area contributed by atoms with Gasteiger partial charge in [-0.15, -0.1) is 10.2 Å². The third-order valence-electron chi connectivity index (χ3n) is 3.48. The van der Waals surface area contributed by atoms with E-state index in [0.717, 1.165) is 4.47 Å². The van der Waals surface area contributed by atoms with Gasteiger partial charge in [-0.3, -0.25) is 9.59 Å². The number of ether oxygens (including phenoxy) is 3. The van der Waals surface area contributed by atoms with Crippen LogP contribution >= 0.6 is 15.9 Å². The van der Waals surface area contributed by atoms with Gasteiger partial charge in [0.1, 0.15) is 12.3 Å². The summed E-state index contributed by atoms with van der Waals surface area (Å²) in [6, 6.07) is 7.18. The Labute approximate surface area is 156 Å². The fourth-order valence-corrected chi connectivity index (χ4v) is 2.83. The smallest absolute Gasteiger partial charge is 0.361 e. The van der Waals surface area contributed by atoms with Crippen LogP contribution in [-0.4, -0.2) is 45.6 Å². The summed E-state index contributed by atoms with van der Waals surface area (Å²) in [5.41, 5.74) is 0.868. The Balaban J connectivity index is 1.93. The molecule has 3 rings (SSSR count). The average molecular weight is 424 g/mol. The molecule has 0 fully saturated rings. The molecule has 2 heterocycles. The number of rotatable bonds is 5. The van der Waals surface area contributed by atoms with Crippen molar-refractivity contribution in [2.45, 2.75) is 26.1 Å². The Morgan fingerprint density at radius 3 is 2.73 bits per heavy atom. The van der Waals surface area contributed by atoms with Crippen LogP contribution in [0.25, 0.3) is 5.69 Å². The first-order valence-corrected chi connectivity index (χ1v) is 8.39. The lowest BCUT2D eigenvalue weighted by atomic mass is 10.1. The van der Waals surface area contributed by atoms with Crippen molar-refractivity contribution in [1.29, 1.82) is 0 Å². The Kier molecular flexibility index (Phi) is 5.03. The van der Waals surface area contributed by atoms with Crippen molar-refractivity contribution < 1.29 is 28.6 Å². The number of fused-ring (bicyclic) bond motifs is 1. The number of hydrogen-bond acceptors (Lipinski definition) is 8. The standard InChI is InChI=1S/C16H14BrN3O6/c1-8(21)24-7-12(25-9(2)22)15-13-14(16(23)26-15)19-20(18-13)11-5-3-4-10(17)6-11/h3-6,12,15H,7H2,1-2H3. The van der Waals surface area contributed by atoms with E-state index in [-0.39, 0.29) is 18.0 Å². The van der Waals surface area contributed by atoms with E-state index in [9.17, 15) is 14.4 Å². The van der Waals surface area contributed by atoms with Crippen molar-refractivity contribution in [1.82, 2.24) is 15.0 Å². The minimum absolute atomic E-state index is 0.0231. The maximum Gasteiger partial charge on any atom is 0.361 e. The van der Waals surface area contributed by atoms with Gasteiger partial charge in [-0.2, -0.15) is 4.80 Å². The molecule has 2 unspecified atom stereocenters. The highest BCUT2D eigenvalue weighted by Crippen LogP contribution is 2.33. The zero-order valence-electron chi connectivity index (χ0n) is 13.8. The number of carbonyl (C=O) groups excluding carboxylic acids is 3. The summed E-state index contributed by atoms with van der Waals surface area (Å²) in [5, 5.41) is 8.45. The van der Waals surface area contributed by atoms with Crippen molar-refractivity contribution >= 4 is 33.8 Å². The molecule has 0 spiro atoms. The Morgan fingerprint density at radius 1 is 1.31 bits per heavy atom. The lowest BCUT2D eigenvalue weighted by Gasteiger charge is -2.21. The molecule has 1 aliphatic rings. The van der Waals surface area contributed by atoms with Gasteiger partial charge in [0.15, 0.2) is 17.9 Å². The van der Waals surface area contributed by atoms with Gasteiger partial charge in [-0.25, -0.2) is 4.79 Å². The molecule has 0 amide bonds. The largest absolute Gasteiger partial charge is 0.462 e. The maximum absolute atomic E-state index is 12.1. The monoisotopic (exact) mass is 423 g/mol. The van der Waals surface area contributed by atoms with Crippen molar-refractivity contribution in [3.05, 3.63) is 40.1 Å². The topological polar surface area (TPSA) is 110 Å². The fourth-order valence-electron chi connectivity index (χ4n) is 2.45. The van der Waals surface area contributed by atoms with Gasteiger partial charge >= 0.3 is 17.9 Å². The van der Waals surface area contributed by atoms with Crippen LogP contribution in [0.1, 0.15) is 36.1 Å². The van der Waals surface area contributed by atoms with Gasteiger partial charge in [0.2, 0.25) is 0 Å². The van der Waals surface area contributed by atoms with Crippen LogP contribution in [0.5, 0.6) is 0 Å². The number of nitrogens with zero attached hydrogens (tertiary/aromatic N) is 3. The minimum atomic E-state index is -1.02. The average Bonchev–Trinajstić information content (AvgIpc) is 3.12. The van der Waals surface area contributed by atoms with Gasteiger partial charge in [0.25, 0.3) is 0 Å². The van der Waals surface area contributed by atoms with Gasteiger partial charge in [-0.1, -0.05) is 22.0 Å². The van der Waals surface area contributed by atoms with Gasteiger partial charge in [-0.05, 0) is 18.2 Å². The Hall–Kier alpha value is -2.75. The van der Waals surface area contributed by atoms with Crippen LogP contribution < -0.4 is 0 Å². The highest BCUT2D eigenvalue weighted by Gasteiger charge is 2.43. The summed E-state index contributed by atoms with van der Waals surface area (Å²) in [4.78, 5) is 35.8. The fraction of sp³-hybridized carbons (Fsp3) is 0.312. The second-order valence-electron chi connectivity index (χ2n) is 5.48. The molecule has 0 N–H and O–H groups in total. The summed E-state index contributed by atoms with van der Waals surface area (Å²) in [7, 11) is 0. The van der Waals surface area contributed by atoms with Crippen molar-refractivity contribution in [3.8, 4) is 5.69 Å². The highest BCUT2D eigenvalue weighted by atomic mass is 79.9. The first-order valence-electron chi connectivity index (χ1n) is 7.60. The predicted molar refractivity (Wildman–Crippen MR) is 89.4 cm³/mol. The summed E-state index contributed by atoms with van der Waals surface area (Å²) in [6.07, 6.45) is -2.03. The lowest BCUT2D eigenvalue weighted by molar-refractivity contribution is -0.163. The number of aromatic nitrogens is 3. The molecule has 136 valence electrons. The Morgan fingerprint density at radius 2 is 2.08 bits per heavy atom. The summed E-state index contributed by atoms with van der Waals surface area (Å²) in [5.74, 6) is -1.85. The number of esters is 3. The quantitative estimate of drug-likeness (QED) is 0.528. The van der Waals surface area contributed by atoms with Gasteiger partial charge in [0, 0.05) is 18.3 Å². The van der Waals surface area contributed by atoms with E-state index in [1.165, 1.54) is 18.6 Å². The first kappa shape index (κ1) is 18.1. The van der Waals surface area contributed by atoms with Crippen LogP contribution in [0.3, 0.4) is 0 Å². The SMILES string of the molecule is CC(=O)OCC(OC(C)=O)C1OC(=O)c2nn(-c3cccc(Br)c3)nc21. The molecular formula is C16H14BrN3O6. The number of hydrogen-bond donors (Lipinski definition) is 0. The van der Waals surface area contributed by atoms with E-state index in [4.69, 9.17) is 14.2 Å². The zero-order chi connectivity index (χ0) is 18.8.